The number of rotatable bonds is 6. The topological polar surface area (TPSA) is 87.6 Å². The Morgan fingerprint density at radius 1 is 0.853 bits per heavy atom. The molecule has 2 heterocycles. The van der Waals surface area contributed by atoms with Gasteiger partial charge in [0.2, 0.25) is 12.5 Å². The van der Waals surface area contributed by atoms with Crippen LogP contribution in [0.15, 0.2) is 48.5 Å². The zero-order valence-corrected chi connectivity index (χ0v) is 19.5. The normalized spacial score (nSPS) is 20.2. The summed E-state index contributed by atoms with van der Waals surface area (Å²) in [5.74, 6) is 3.32. The van der Waals surface area contributed by atoms with Gasteiger partial charge in [0.1, 0.15) is 11.5 Å². The molecule has 2 N–H and O–H groups in total. The standard InChI is InChI=1S/C26H27NO7/c1-14-24(15-9-22(30-3)25(28)23(10-15)31-4)18-11-20-21(33-13-32-20)12-19(18)34-26(14)27-16-5-7-17(29-2)8-6-16/h5-12,14,24,26-28H,13H2,1-4H3/t14-,24-,26+/m1/s1. The third-order valence-corrected chi connectivity index (χ3v) is 6.36. The Morgan fingerprint density at radius 3 is 2.12 bits per heavy atom. The lowest BCUT2D eigenvalue weighted by Gasteiger charge is -2.39. The van der Waals surface area contributed by atoms with E-state index in [1.54, 1.807) is 7.11 Å². The average Bonchev–Trinajstić information content (AvgIpc) is 3.31. The molecular weight excluding hydrogens is 438 g/mol. The van der Waals surface area contributed by atoms with Crippen molar-refractivity contribution in [1.82, 2.24) is 0 Å². The third-order valence-electron chi connectivity index (χ3n) is 6.36. The van der Waals surface area contributed by atoms with E-state index in [1.807, 2.05) is 48.5 Å². The van der Waals surface area contributed by atoms with E-state index >= 15 is 0 Å². The monoisotopic (exact) mass is 465 g/mol. The Kier molecular flexibility index (Phi) is 5.65. The number of phenolic OH excluding ortho intramolecular Hbond substituents is 1. The number of hydrogen-bond donors (Lipinski definition) is 2. The van der Waals surface area contributed by atoms with Crippen LogP contribution in [-0.2, 0) is 0 Å². The van der Waals surface area contributed by atoms with Crippen LogP contribution in [0.1, 0.15) is 24.0 Å². The molecule has 0 bridgehead atoms. The molecule has 0 unspecified atom stereocenters. The van der Waals surface area contributed by atoms with E-state index in [-0.39, 0.29) is 30.6 Å². The van der Waals surface area contributed by atoms with Crippen molar-refractivity contribution in [1.29, 1.82) is 0 Å². The predicted molar refractivity (Wildman–Crippen MR) is 126 cm³/mol. The van der Waals surface area contributed by atoms with Crippen molar-refractivity contribution in [2.45, 2.75) is 19.1 Å². The summed E-state index contributed by atoms with van der Waals surface area (Å²) >= 11 is 0. The van der Waals surface area contributed by atoms with Crippen LogP contribution in [-0.4, -0.2) is 39.5 Å². The number of methoxy groups -OCH3 is 3. The minimum atomic E-state index is -0.350. The molecule has 3 aromatic rings. The van der Waals surface area contributed by atoms with Crippen LogP contribution in [0.3, 0.4) is 0 Å². The van der Waals surface area contributed by atoms with Crippen molar-refractivity contribution in [2.24, 2.45) is 5.92 Å². The first kappa shape index (κ1) is 21.9. The van der Waals surface area contributed by atoms with Crippen LogP contribution in [0.2, 0.25) is 0 Å². The molecule has 0 saturated heterocycles. The van der Waals surface area contributed by atoms with Crippen molar-refractivity contribution in [3.05, 3.63) is 59.7 Å². The van der Waals surface area contributed by atoms with Crippen molar-refractivity contribution < 1.29 is 33.5 Å². The first-order valence-corrected chi connectivity index (χ1v) is 11.0. The summed E-state index contributed by atoms with van der Waals surface area (Å²) in [7, 11) is 4.68. The van der Waals surface area contributed by atoms with Crippen molar-refractivity contribution in [2.75, 3.05) is 33.4 Å². The molecule has 8 heteroatoms. The third kappa shape index (κ3) is 3.75. The molecule has 34 heavy (non-hydrogen) atoms. The highest BCUT2D eigenvalue weighted by Gasteiger charge is 2.39. The zero-order valence-electron chi connectivity index (χ0n) is 19.5. The van der Waals surface area contributed by atoms with Crippen molar-refractivity contribution in [3.63, 3.8) is 0 Å². The van der Waals surface area contributed by atoms with Gasteiger partial charge in [-0.05, 0) is 48.0 Å². The number of fused-ring (bicyclic) bond motifs is 2. The fourth-order valence-corrected chi connectivity index (χ4v) is 4.58. The number of phenols is 1. The van der Waals surface area contributed by atoms with Crippen LogP contribution in [0.4, 0.5) is 5.69 Å². The molecule has 0 aliphatic carbocycles. The van der Waals surface area contributed by atoms with E-state index in [9.17, 15) is 5.11 Å². The fraction of sp³-hybridized carbons (Fsp3) is 0.308. The maximum absolute atomic E-state index is 10.5. The molecule has 178 valence electrons. The minimum Gasteiger partial charge on any atom is -0.502 e. The van der Waals surface area contributed by atoms with Gasteiger partial charge in [-0.3, -0.25) is 0 Å². The number of nitrogens with one attached hydrogen (secondary N) is 1. The molecule has 0 amide bonds. The second-order valence-corrected chi connectivity index (χ2v) is 8.27. The highest BCUT2D eigenvalue weighted by atomic mass is 16.7. The average molecular weight is 466 g/mol. The largest absolute Gasteiger partial charge is 0.502 e. The molecule has 8 nitrogen and oxygen atoms in total. The molecule has 0 aromatic heterocycles. The maximum Gasteiger partial charge on any atom is 0.231 e. The van der Waals surface area contributed by atoms with E-state index in [0.717, 1.165) is 22.6 Å². The van der Waals surface area contributed by atoms with Crippen molar-refractivity contribution >= 4 is 5.69 Å². The van der Waals surface area contributed by atoms with E-state index in [0.29, 0.717) is 28.7 Å². The van der Waals surface area contributed by atoms with Gasteiger partial charge in [-0.2, -0.15) is 0 Å². The van der Waals surface area contributed by atoms with Crippen LogP contribution in [0.5, 0.6) is 40.2 Å². The van der Waals surface area contributed by atoms with Gasteiger partial charge in [-0.25, -0.2) is 0 Å². The van der Waals surface area contributed by atoms with Crippen molar-refractivity contribution in [3.8, 4) is 40.2 Å². The van der Waals surface area contributed by atoms with Gasteiger partial charge in [0, 0.05) is 29.2 Å². The number of ether oxygens (including phenoxy) is 6. The van der Waals surface area contributed by atoms with E-state index < -0.39 is 0 Å². The molecule has 3 aromatic carbocycles. The second-order valence-electron chi connectivity index (χ2n) is 8.27. The Balaban J connectivity index is 1.59. The summed E-state index contributed by atoms with van der Waals surface area (Å²) in [6.07, 6.45) is -0.350. The summed E-state index contributed by atoms with van der Waals surface area (Å²) in [4.78, 5) is 0. The van der Waals surface area contributed by atoms with Crippen LogP contribution < -0.4 is 33.7 Å². The number of hydrogen-bond acceptors (Lipinski definition) is 8. The SMILES string of the molecule is COc1ccc(N[C@H]2Oc3cc4c(cc3[C@@H](c3cc(OC)c(O)c(OC)c3)[C@H]2C)OCO4)cc1. The molecule has 2 aliphatic rings. The summed E-state index contributed by atoms with van der Waals surface area (Å²) in [6.45, 7) is 2.29. The Labute approximate surface area is 197 Å². The number of anilines is 1. The summed E-state index contributed by atoms with van der Waals surface area (Å²) in [5.41, 5.74) is 2.78. The van der Waals surface area contributed by atoms with Gasteiger partial charge in [0.05, 0.1) is 21.3 Å². The van der Waals surface area contributed by atoms with Gasteiger partial charge < -0.3 is 38.8 Å². The van der Waals surface area contributed by atoms with Crippen LogP contribution in [0, 0.1) is 5.92 Å². The summed E-state index contributed by atoms with van der Waals surface area (Å²) < 4.78 is 33.8. The van der Waals surface area contributed by atoms with Gasteiger partial charge in [-0.15, -0.1) is 0 Å². The quantitative estimate of drug-likeness (QED) is 0.540. The molecule has 2 aliphatic heterocycles. The zero-order chi connectivity index (χ0) is 23.8. The Bertz CT molecular complexity index is 1170. The number of aromatic hydroxyl groups is 1. The Hall–Kier alpha value is -3.94. The Morgan fingerprint density at radius 2 is 1.50 bits per heavy atom. The fourth-order valence-electron chi connectivity index (χ4n) is 4.58. The first-order valence-electron chi connectivity index (χ1n) is 11.0. The first-order chi connectivity index (χ1) is 16.5. The van der Waals surface area contributed by atoms with E-state index in [2.05, 4.69) is 12.2 Å². The van der Waals surface area contributed by atoms with Gasteiger partial charge in [0.15, 0.2) is 29.2 Å². The van der Waals surface area contributed by atoms with Crippen LogP contribution >= 0.6 is 0 Å². The second kappa shape index (κ2) is 8.78. The molecule has 5 rings (SSSR count). The van der Waals surface area contributed by atoms with Gasteiger partial charge in [-0.1, -0.05) is 6.92 Å². The van der Waals surface area contributed by atoms with Gasteiger partial charge in [0.25, 0.3) is 0 Å². The predicted octanol–water partition coefficient (Wildman–Crippen LogP) is 4.75. The smallest absolute Gasteiger partial charge is 0.231 e. The molecule has 0 spiro atoms. The lowest BCUT2D eigenvalue weighted by molar-refractivity contribution is 0.134. The summed E-state index contributed by atoms with van der Waals surface area (Å²) in [5, 5.41) is 14.0. The van der Waals surface area contributed by atoms with Gasteiger partial charge >= 0.3 is 0 Å². The maximum atomic E-state index is 10.5. The molecule has 3 atom stereocenters. The molecule has 0 radical (unpaired) electrons. The van der Waals surface area contributed by atoms with E-state index in [4.69, 9.17) is 28.4 Å². The van der Waals surface area contributed by atoms with E-state index in [1.165, 1.54) is 14.2 Å². The highest BCUT2D eigenvalue weighted by molar-refractivity contribution is 5.60. The summed E-state index contributed by atoms with van der Waals surface area (Å²) in [6, 6.07) is 15.2. The number of benzene rings is 3. The lowest BCUT2D eigenvalue weighted by atomic mass is 9.78. The van der Waals surface area contributed by atoms with Crippen LogP contribution in [0.25, 0.3) is 0 Å². The molecule has 0 fully saturated rings. The highest BCUT2D eigenvalue weighted by Crippen LogP contribution is 2.51. The lowest BCUT2D eigenvalue weighted by Crippen LogP contribution is -2.40. The molecular formula is C26H27NO7. The molecule has 0 saturated carbocycles. The minimum absolute atomic E-state index is 0.0195.